The van der Waals surface area contributed by atoms with Crippen molar-refractivity contribution in [3.05, 3.63) is 0 Å². The van der Waals surface area contributed by atoms with Crippen LogP contribution in [0.5, 0.6) is 0 Å². The zero-order valence-corrected chi connectivity index (χ0v) is 12.3. The average Bonchev–Trinajstić information content (AvgIpc) is 3.16. The van der Waals surface area contributed by atoms with E-state index in [-0.39, 0.29) is 0 Å². The molecule has 2 unspecified atom stereocenters. The van der Waals surface area contributed by atoms with Crippen molar-refractivity contribution in [1.29, 1.82) is 0 Å². The van der Waals surface area contributed by atoms with Gasteiger partial charge in [0.1, 0.15) is 0 Å². The highest BCUT2D eigenvalue weighted by atomic mass is 16.2. The molecule has 1 saturated carbocycles. The Hall–Kier alpha value is -0.610. The van der Waals surface area contributed by atoms with Crippen LogP contribution in [-0.4, -0.2) is 60.0 Å². The van der Waals surface area contributed by atoms with E-state index in [0.29, 0.717) is 36.6 Å². The van der Waals surface area contributed by atoms with Gasteiger partial charge >= 0.3 is 0 Å². The lowest BCUT2D eigenvalue weighted by Gasteiger charge is -2.36. The molecule has 0 aromatic heterocycles. The first-order valence-electron chi connectivity index (χ1n) is 7.93. The smallest absolute Gasteiger partial charge is 0.236 e. The molecule has 4 nitrogen and oxygen atoms in total. The molecule has 19 heavy (non-hydrogen) atoms. The van der Waals surface area contributed by atoms with Crippen LogP contribution in [0.4, 0.5) is 0 Å². The minimum absolute atomic E-state index is 0.332. The van der Waals surface area contributed by atoms with Crippen LogP contribution in [0.1, 0.15) is 45.4 Å². The van der Waals surface area contributed by atoms with Gasteiger partial charge in [0.15, 0.2) is 0 Å². The van der Waals surface area contributed by atoms with Gasteiger partial charge in [-0.2, -0.15) is 0 Å². The summed E-state index contributed by atoms with van der Waals surface area (Å²) in [5.74, 6) is 0.332. The van der Waals surface area contributed by atoms with Gasteiger partial charge in [-0.15, -0.1) is 0 Å². The average molecular weight is 265 g/mol. The first-order valence-corrected chi connectivity index (χ1v) is 7.93. The lowest BCUT2D eigenvalue weighted by atomic mass is 9.98. The van der Waals surface area contributed by atoms with E-state index in [4.69, 9.17) is 0 Å². The van der Waals surface area contributed by atoms with E-state index in [1.807, 2.05) is 0 Å². The van der Waals surface area contributed by atoms with Gasteiger partial charge in [-0.3, -0.25) is 9.69 Å². The van der Waals surface area contributed by atoms with Crippen LogP contribution in [0.25, 0.3) is 0 Å². The molecule has 0 spiro atoms. The molecule has 3 aliphatic rings. The fraction of sp³-hybridized carbons (Fsp3) is 0.933. The minimum atomic E-state index is 0.332. The number of carbonyl (C=O) groups is 1. The monoisotopic (exact) mass is 265 g/mol. The Labute approximate surface area is 116 Å². The van der Waals surface area contributed by atoms with E-state index < -0.39 is 0 Å². The highest BCUT2D eigenvalue weighted by Gasteiger charge is 2.37. The molecule has 0 aromatic carbocycles. The predicted molar refractivity (Wildman–Crippen MR) is 76.0 cm³/mol. The molecule has 2 atom stereocenters. The quantitative estimate of drug-likeness (QED) is 0.811. The molecule has 3 rings (SSSR count). The second-order valence-corrected chi connectivity index (χ2v) is 6.59. The summed E-state index contributed by atoms with van der Waals surface area (Å²) in [4.78, 5) is 16.7. The highest BCUT2D eigenvalue weighted by molar-refractivity contribution is 5.78. The van der Waals surface area contributed by atoms with Gasteiger partial charge in [0.2, 0.25) is 5.91 Å². The largest absolute Gasteiger partial charge is 0.339 e. The number of hydrogen-bond donors (Lipinski definition) is 1. The Kier molecular flexibility index (Phi) is 3.81. The summed E-state index contributed by atoms with van der Waals surface area (Å²) in [5, 5.41) is 3.67. The third-order valence-electron chi connectivity index (χ3n) is 5.10. The van der Waals surface area contributed by atoms with E-state index in [1.54, 1.807) is 0 Å². The van der Waals surface area contributed by atoms with E-state index in [2.05, 4.69) is 29.1 Å². The molecule has 4 heteroatoms. The van der Waals surface area contributed by atoms with E-state index in [0.717, 1.165) is 6.54 Å². The normalized spacial score (nSPS) is 33.7. The number of nitrogens with one attached hydrogen (secondary N) is 1. The third-order valence-corrected chi connectivity index (χ3v) is 5.10. The number of likely N-dealkylation sites (N-methyl/N-ethyl adjacent to an activating group) is 2. The van der Waals surface area contributed by atoms with E-state index in [9.17, 15) is 4.79 Å². The van der Waals surface area contributed by atoms with Crippen LogP contribution in [-0.2, 0) is 4.79 Å². The maximum atomic E-state index is 12.4. The highest BCUT2D eigenvalue weighted by Crippen LogP contribution is 2.30. The topological polar surface area (TPSA) is 35.6 Å². The van der Waals surface area contributed by atoms with Crippen molar-refractivity contribution in [1.82, 2.24) is 15.1 Å². The zero-order chi connectivity index (χ0) is 13.4. The molecule has 1 amide bonds. The second kappa shape index (κ2) is 5.41. The maximum absolute atomic E-state index is 12.4. The number of rotatable bonds is 5. The predicted octanol–water partition coefficient (Wildman–Crippen LogP) is 1.21. The summed E-state index contributed by atoms with van der Waals surface area (Å²) in [6.07, 6.45) is 7.51. The number of fused-ring (bicyclic) bond motifs is 2. The summed E-state index contributed by atoms with van der Waals surface area (Å²) in [7, 11) is 2.13. The van der Waals surface area contributed by atoms with Gasteiger partial charge in [0.25, 0.3) is 0 Å². The van der Waals surface area contributed by atoms with Crippen molar-refractivity contribution >= 4 is 5.91 Å². The van der Waals surface area contributed by atoms with Crippen molar-refractivity contribution < 1.29 is 4.79 Å². The van der Waals surface area contributed by atoms with Crippen LogP contribution >= 0.6 is 0 Å². The molecule has 3 fully saturated rings. The Balaban J connectivity index is 1.52. The molecule has 0 aromatic rings. The summed E-state index contributed by atoms with van der Waals surface area (Å²) in [6.45, 7) is 3.57. The Morgan fingerprint density at radius 2 is 1.74 bits per heavy atom. The summed E-state index contributed by atoms with van der Waals surface area (Å²) in [5.41, 5.74) is 0. The van der Waals surface area contributed by atoms with Gasteiger partial charge in [0, 0.05) is 30.7 Å². The van der Waals surface area contributed by atoms with Crippen molar-refractivity contribution in [2.75, 3.05) is 20.1 Å². The second-order valence-electron chi connectivity index (χ2n) is 6.59. The van der Waals surface area contributed by atoms with Gasteiger partial charge in [-0.05, 0) is 52.5 Å². The molecule has 2 bridgehead atoms. The summed E-state index contributed by atoms with van der Waals surface area (Å²) >= 11 is 0. The van der Waals surface area contributed by atoms with Crippen LogP contribution in [0.15, 0.2) is 0 Å². The van der Waals surface area contributed by atoms with E-state index >= 15 is 0 Å². The Morgan fingerprint density at radius 1 is 1.11 bits per heavy atom. The summed E-state index contributed by atoms with van der Waals surface area (Å²) in [6, 6.07) is 2.55. The van der Waals surface area contributed by atoms with Gasteiger partial charge in [-0.1, -0.05) is 0 Å². The molecule has 2 saturated heterocycles. The van der Waals surface area contributed by atoms with Crippen molar-refractivity contribution in [3.63, 3.8) is 0 Å². The standard InChI is InChI=1S/C15H27N3O/c1-3-18(13-6-7-13)15(19)10-17(2)14-8-11-4-5-12(9-14)16-11/h11-14,16H,3-10H2,1-2H3. The Morgan fingerprint density at radius 3 is 2.26 bits per heavy atom. The molecule has 108 valence electrons. The fourth-order valence-corrected chi connectivity index (χ4v) is 3.84. The number of hydrogen-bond acceptors (Lipinski definition) is 3. The molecule has 1 N–H and O–H groups in total. The fourth-order valence-electron chi connectivity index (χ4n) is 3.84. The van der Waals surface area contributed by atoms with Crippen molar-refractivity contribution in [2.45, 2.75) is 69.6 Å². The molecule has 2 aliphatic heterocycles. The van der Waals surface area contributed by atoms with Gasteiger partial charge < -0.3 is 10.2 Å². The number of nitrogens with zero attached hydrogens (tertiary/aromatic N) is 2. The SMILES string of the molecule is CCN(C(=O)CN(C)C1CC2CCC(C1)N2)C1CC1. The van der Waals surface area contributed by atoms with Crippen LogP contribution < -0.4 is 5.32 Å². The lowest BCUT2D eigenvalue weighted by Crippen LogP contribution is -2.50. The van der Waals surface area contributed by atoms with Crippen LogP contribution in [0, 0.1) is 0 Å². The zero-order valence-electron chi connectivity index (χ0n) is 12.3. The molecule has 1 aliphatic carbocycles. The van der Waals surface area contributed by atoms with Crippen LogP contribution in [0.3, 0.4) is 0 Å². The number of amides is 1. The molecule has 2 heterocycles. The molecular weight excluding hydrogens is 238 g/mol. The lowest BCUT2D eigenvalue weighted by molar-refractivity contribution is -0.133. The summed E-state index contributed by atoms with van der Waals surface area (Å²) < 4.78 is 0. The third kappa shape index (κ3) is 2.95. The minimum Gasteiger partial charge on any atom is -0.339 e. The Bertz CT molecular complexity index is 330. The van der Waals surface area contributed by atoms with Gasteiger partial charge in [-0.25, -0.2) is 0 Å². The first kappa shape index (κ1) is 13.4. The van der Waals surface area contributed by atoms with Crippen molar-refractivity contribution in [3.8, 4) is 0 Å². The first-order chi connectivity index (χ1) is 9.17. The number of carbonyl (C=O) groups excluding carboxylic acids is 1. The molecule has 0 radical (unpaired) electrons. The van der Waals surface area contributed by atoms with Gasteiger partial charge in [0.05, 0.1) is 6.54 Å². The number of piperidine rings is 1. The van der Waals surface area contributed by atoms with Crippen molar-refractivity contribution in [2.24, 2.45) is 0 Å². The van der Waals surface area contributed by atoms with E-state index in [1.165, 1.54) is 38.5 Å². The molecular formula is C15H27N3O. The van der Waals surface area contributed by atoms with Crippen LogP contribution in [0.2, 0.25) is 0 Å². The maximum Gasteiger partial charge on any atom is 0.236 e.